The van der Waals surface area contributed by atoms with Crippen LogP contribution in [-0.2, 0) is 15.1 Å². The summed E-state index contributed by atoms with van der Waals surface area (Å²) >= 11 is 0. The summed E-state index contributed by atoms with van der Waals surface area (Å²) in [6, 6.07) is 12.5. The fraction of sp³-hybridized carbons (Fsp3) is 0.286. The Morgan fingerprint density at radius 3 is 2.33 bits per heavy atom. The van der Waals surface area contributed by atoms with E-state index in [2.05, 4.69) is 10.6 Å². The summed E-state index contributed by atoms with van der Waals surface area (Å²) in [5.74, 6) is -0.854. The van der Waals surface area contributed by atoms with Crippen LogP contribution in [0.4, 0.5) is 10.5 Å². The van der Waals surface area contributed by atoms with Gasteiger partial charge in [-0.3, -0.25) is 14.5 Å². The Balaban J connectivity index is 1.76. The van der Waals surface area contributed by atoms with Gasteiger partial charge in [-0.2, -0.15) is 0 Å². The number of carbonyl (C=O) groups excluding carboxylic acids is 3. The van der Waals surface area contributed by atoms with E-state index in [9.17, 15) is 14.4 Å². The number of amides is 4. The van der Waals surface area contributed by atoms with E-state index in [0.717, 1.165) is 21.6 Å². The van der Waals surface area contributed by atoms with Crippen molar-refractivity contribution in [3.05, 3.63) is 64.7 Å². The summed E-state index contributed by atoms with van der Waals surface area (Å²) in [5.41, 5.74) is 3.17. The molecule has 4 amide bonds. The van der Waals surface area contributed by atoms with Crippen LogP contribution in [0.5, 0.6) is 0 Å². The molecule has 0 spiro atoms. The second-order valence-electron chi connectivity index (χ2n) is 7.18. The highest BCUT2D eigenvalue weighted by atomic mass is 16.2. The normalized spacial score (nSPS) is 19.2. The monoisotopic (exact) mass is 365 g/mol. The fourth-order valence-corrected chi connectivity index (χ4v) is 3.13. The second kappa shape index (κ2) is 6.87. The summed E-state index contributed by atoms with van der Waals surface area (Å²) in [6.07, 6.45) is 0. The Kier molecular flexibility index (Phi) is 4.74. The van der Waals surface area contributed by atoms with Crippen LogP contribution in [-0.4, -0.2) is 29.3 Å². The minimum Gasteiger partial charge on any atom is -0.324 e. The molecule has 0 bridgehead atoms. The van der Waals surface area contributed by atoms with E-state index >= 15 is 0 Å². The molecule has 2 aromatic rings. The van der Waals surface area contributed by atoms with Crippen LogP contribution in [0.15, 0.2) is 42.5 Å². The number of benzene rings is 2. The molecule has 0 aliphatic carbocycles. The van der Waals surface area contributed by atoms with Crippen molar-refractivity contribution in [1.82, 2.24) is 10.2 Å². The van der Waals surface area contributed by atoms with Crippen LogP contribution in [0.2, 0.25) is 0 Å². The van der Waals surface area contributed by atoms with Gasteiger partial charge in [0.05, 0.1) is 0 Å². The highest BCUT2D eigenvalue weighted by Gasteiger charge is 2.49. The summed E-state index contributed by atoms with van der Waals surface area (Å²) in [7, 11) is 0. The van der Waals surface area contributed by atoms with Crippen LogP contribution in [0.25, 0.3) is 0 Å². The fourth-order valence-electron chi connectivity index (χ4n) is 3.13. The van der Waals surface area contributed by atoms with E-state index in [1.54, 1.807) is 6.92 Å². The van der Waals surface area contributed by atoms with Crippen LogP contribution >= 0.6 is 0 Å². The van der Waals surface area contributed by atoms with Gasteiger partial charge >= 0.3 is 6.03 Å². The number of nitrogens with zero attached hydrogens (tertiary/aromatic N) is 1. The predicted octanol–water partition coefficient (Wildman–Crippen LogP) is 3.02. The summed E-state index contributed by atoms with van der Waals surface area (Å²) < 4.78 is 0. The molecule has 0 aromatic heterocycles. The van der Waals surface area contributed by atoms with Crippen molar-refractivity contribution in [1.29, 1.82) is 0 Å². The Labute approximate surface area is 158 Å². The third-order valence-corrected chi connectivity index (χ3v) is 4.87. The van der Waals surface area contributed by atoms with Gasteiger partial charge in [-0.05, 0) is 50.5 Å². The van der Waals surface area contributed by atoms with Gasteiger partial charge in [-0.25, -0.2) is 4.79 Å². The van der Waals surface area contributed by atoms with Crippen LogP contribution in [0, 0.1) is 20.8 Å². The molecule has 1 aliphatic heterocycles. The minimum atomic E-state index is -1.18. The van der Waals surface area contributed by atoms with E-state index in [4.69, 9.17) is 0 Å². The summed E-state index contributed by atoms with van der Waals surface area (Å²) in [4.78, 5) is 38.6. The van der Waals surface area contributed by atoms with E-state index in [0.29, 0.717) is 11.3 Å². The zero-order chi connectivity index (χ0) is 19.8. The number of carbonyl (C=O) groups is 3. The Bertz CT molecular complexity index is 921. The van der Waals surface area contributed by atoms with Crippen molar-refractivity contribution >= 4 is 23.5 Å². The van der Waals surface area contributed by atoms with Crippen molar-refractivity contribution in [2.24, 2.45) is 0 Å². The summed E-state index contributed by atoms with van der Waals surface area (Å²) in [5, 5.41) is 5.49. The molecule has 0 radical (unpaired) electrons. The first-order valence-corrected chi connectivity index (χ1v) is 8.79. The second-order valence-corrected chi connectivity index (χ2v) is 7.18. The lowest BCUT2D eigenvalue weighted by Gasteiger charge is -2.22. The maximum atomic E-state index is 12.9. The standard InChI is InChI=1S/C21H23N3O3/c1-13-6-9-16(10-7-13)21(4)19(26)24(20(27)23-21)12-18(25)22-17-11-14(2)5-8-15(17)3/h5-11H,12H2,1-4H3,(H,22,25)(H,23,27)/t21-/m1/s1. The first-order chi connectivity index (χ1) is 12.7. The molecule has 1 fully saturated rings. The topological polar surface area (TPSA) is 78.5 Å². The van der Waals surface area contributed by atoms with Gasteiger partial charge in [-0.1, -0.05) is 42.0 Å². The van der Waals surface area contributed by atoms with Crippen LogP contribution < -0.4 is 10.6 Å². The molecule has 1 atom stereocenters. The quantitative estimate of drug-likeness (QED) is 0.818. The first-order valence-electron chi connectivity index (χ1n) is 8.79. The number of hydrogen-bond donors (Lipinski definition) is 2. The number of hydrogen-bond acceptors (Lipinski definition) is 3. The molecule has 27 heavy (non-hydrogen) atoms. The van der Waals surface area contributed by atoms with Crippen molar-refractivity contribution < 1.29 is 14.4 Å². The molecule has 1 aliphatic rings. The third kappa shape index (κ3) is 3.56. The number of anilines is 1. The lowest BCUT2D eigenvalue weighted by atomic mass is 9.91. The van der Waals surface area contributed by atoms with E-state index in [1.807, 2.05) is 63.2 Å². The highest BCUT2D eigenvalue weighted by molar-refractivity contribution is 6.10. The Morgan fingerprint density at radius 1 is 1.04 bits per heavy atom. The van der Waals surface area contributed by atoms with Gasteiger partial charge in [0.2, 0.25) is 5.91 Å². The van der Waals surface area contributed by atoms with Crippen molar-refractivity contribution in [2.45, 2.75) is 33.2 Å². The average Bonchev–Trinajstić information content (AvgIpc) is 2.83. The van der Waals surface area contributed by atoms with E-state index in [-0.39, 0.29) is 6.54 Å². The predicted molar refractivity (Wildman–Crippen MR) is 103 cm³/mol. The van der Waals surface area contributed by atoms with Gasteiger partial charge in [-0.15, -0.1) is 0 Å². The van der Waals surface area contributed by atoms with Crippen molar-refractivity contribution in [3.8, 4) is 0 Å². The molecule has 3 rings (SSSR count). The van der Waals surface area contributed by atoms with Gasteiger partial charge in [0.1, 0.15) is 12.1 Å². The summed E-state index contributed by atoms with van der Waals surface area (Å²) in [6.45, 7) is 7.09. The molecule has 0 unspecified atom stereocenters. The zero-order valence-electron chi connectivity index (χ0n) is 15.9. The smallest absolute Gasteiger partial charge is 0.324 e. The van der Waals surface area contributed by atoms with Gasteiger partial charge in [0, 0.05) is 5.69 Å². The zero-order valence-corrected chi connectivity index (χ0v) is 15.9. The third-order valence-electron chi connectivity index (χ3n) is 4.87. The molecule has 140 valence electrons. The average molecular weight is 365 g/mol. The number of urea groups is 1. The Morgan fingerprint density at radius 2 is 1.67 bits per heavy atom. The van der Waals surface area contributed by atoms with Gasteiger partial charge in [0.15, 0.2) is 0 Å². The molecule has 0 saturated carbocycles. The number of rotatable bonds is 4. The van der Waals surface area contributed by atoms with Crippen LogP contribution in [0.1, 0.15) is 29.2 Å². The molecule has 6 nitrogen and oxygen atoms in total. The number of nitrogens with one attached hydrogen (secondary N) is 2. The lowest BCUT2D eigenvalue weighted by molar-refractivity contribution is -0.133. The minimum absolute atomic E-state index is 0.334. The van der Waals surface area contributed by atoms with E-state index in [1.165, 1.54) is 0 Å². The number of aryl methyl sites for hydroxylation is 3. The van der Waals surface area contributed by atoms with Crippen molar-refractivity contribution in [2.75, 3.05) is 11.9 Å². The highest BCUT2D eigenvalue weighted by Crippen LogP contribution is 2.29. The largest absolute Gasteiger partial charge is 0.325 e. The van der Waals surface area contributed by atoms with Crippen molar-refractivity contribution in [3.63, 3.8) is 0 Å². The van der Waals surface area contributed by atoms with E-state index < -0.39 is 23.4 Å². The van der Waals surface area contributed by atoms with Gasteiger partial charge in [0.25, 0.3) is 5.91 Å². The maximum Gasteiger partial charge on any atom is 0.325 e. The van der Waals surface area contributed by atoms with Crippen LogP contribution in [0.3, 0.4) is 0 Å². The first kappa shape index (κ1) is 18.6. The molecule has 1 heterocycles. The SMILES string of the molecule is Cc1ccc([C@@]2(C)NC(=O)N(CC(=O)Nc3cc(C)ccc3C)C2=O)cc1. The molecule has 2 aromatic carbocycles. The molecule has 2 N–H and O–H groups in total. The number of imide groups is 1. The molecular formula is C21H23N3O3. The van der Waals surface area contributed by atoms with Gasteiger partial charge < -0.3 is 10.6 Å². The molecule has 6 heteroatoms. The lowest BCUT2D eigenvalue weighted by Crippen LogP contribution is -2.42. The molecular weight excluding hydrogens is 342 g/mol. The molecule has 1 saturated heterocycles. The maximum absolute atomic E-state index is 12.9. The Hall–Kier alpha value is -3.15.